The van der Waals surface area contributed by atoms with Crippen molar-refractivity contribution < 1.29 is 9.13 Å². The second-order valence-corrected chi connectivity index (χ2v) is 4.98. The Kier molecular flexibility index (Phi) is 6.61. The summed E-state index contributed by atoms with van der Waals surface area (Å²) in [4.78, 5) is 0. The van der Waals surface area contributed by atoms with Gasteiger partial charge in [-0.1, -0.05) is 24.6 Å². The van der Waals surface area contributed by atoms with Gasteiger partial charge < -0.3 is 10.1 Å². The number of nitrogens with one attached hydrogen (secondary N) is 1. The SMILES string of the molecule is CCNC(COC(C)C)Cc1ccc(F)cc1Cl. The second-order valence-electron chi connectivity index (χ2n) is 4.58. The van der Waals surface area contributed by atoms with Gasteiger partial charge in [-0.3, -0.25) is 0 Å². The summed E-state index contributed by atoms with van der Waals surface area (Å²) >= 11 is 6.03. The van der Waals surface area contributed by atoms with Gasteiger partial charge in [0, 0.05) is 11.1 Å². The highest BCUT2D eigenvalue weighted by Gasteiger charge is 2.12. The molecule has 1 unspecified atom stereocenters. The average molecular weight is 274 g/mol. The lowest BCUT2D eigenvalue weighted by molar-refractivity contribution is 0.0616. The summed E-state index contributed by atoms with van der Waals surface area (Å²) in [5.74, 6) is -0.304. The number of halogens is 2. The van der Waals surface area contributed by atoms with Gasteiger partial charge in [0.25, 0.3) is 0 Å². The molecule has 0 aliphatic carbocycles. The number of hydrogen-bond acceptors (Lipinski definition) is 2. The van der Waals surface area contributed by atoms with Gasteiger partial charge >= 0.3 is 0 Å². The maximum Gasteiger partial charge on any atom is 0.124 e. The van der Waals surface area contributed by atoms with E-state index in [0.717, 1.165) is 18.5 Å². The number of benzene rings is 1. The monoisotopic (exact) mass is 273 g/mol. The molecule has 1 aromatic carbocycles. The Morgan fingerprint density at radius 3 is 2.67 bits per heavy atom. The minimum absolute atomic E-state index is 0.195. The minimum atomic E-state index is -0.304. The van der Waals surface area contributed by atoms with Crippen LogP contribution >= 0.6 is 11.6 Å². The molecule has 102 valence electrons. The molecule has 0 aliphatic heterocycles. The van der Waals surface area contributed by atoms with Crippen molar-refractivity contribution in [2.75, 3.05) is 13.2 Å². The van der Waals surface area contributed by atoms with Crippen molar-refractivity contribution in [1.29, 1.82) is 0 Å². The molecule has 1 aromatic rings. The summed E-state index contributed by atoms with van der Waals surface area (Å²) in [5.41, 5.74) is 0.941. The van der Waals surface area contributed by atoms with Crippen LogP contribution in [-0.4, -0.2) is 25.3 Å². The van der Waals surface area contributed by atoms with E-state index < -0.39 is 0 Å². The van der Waals surface area contributed by atoms with Crippen LogP contribution in [0, 0.1) is 5.82 Å². The normalized spacial score (nSPS) is 13.0. The van der Waals surface area contributed by atoms with E-state index in [9.17, 15) is 4.39 Å². The van der Waals surface area contributed by atoms with Crippen LogP contribution < -0.4 is 5.32 Å². The van der Waals surface area contributed by atoms with Gasteiger partial charge in [0.15, 0.2) is 0 Å². The van der Waals surface area contributed by atoms with E-state index in [2.05, 4.69) is 12.2 Å². The van der Waals surface area contributed by atoms with Crippen LogP contribution in [0.3, 0.4) is 0 Å². The summed E-state index contributed by atoms with van der Waals surface area (Å²) in [6, 6.07) is 4.72. The third kappa shape index (κ3) is 5.34. The third-order valence-electron chi connectivity index (χ3n) is 2.60. The molecule has 1 atom stereocenters. The van der Waals surface area contributed by atoms with Gasteiger partial charge in [0.1, 0.15) is 5.82 Å². The first-order chi connectivity index (χ1) is 8.52. The fraction of sp³-hybridized carbons (Fsp3) is 0.571. The van der Waals surface area contributed by atoms with Gasteiger partial charge in [-0.25, -0.2) is 4.39 Å². The molecule has 0 saturated heterocycles. The standard InChI is InChI=1S/C14H21ClFNO/c1-4-17-13(9-18-10(2)3)7-11-5-6-12(16)8-14(11)15/h5-6,8,10,13,17H,4,7,9H2,1-3H3. The predicted molar refractivity (Wildman–Crippen MR) is 73.7 cm³/mol. The highest BCUT2D eigenvalue weighted by molar-refractivity contribution is 6.31. The fourth-order valence-corrected chi connectivity index (χ4v) is 1.98. The fourth-order valence-electron chi connectivity index (χ4n) is 1.74. The van der Waals surface area contributed by atoms with Gasteiger partial charge in [-0.15, -0.1) is 0 Å². The van der Waals surface area contributed by atoms with E-state index in [4.69, 9.17) is 16.3 Å². The average Bonchev–Trinajstić information content (AvgIpc) is 2.29. The lowest BCUT2D eigenvalue weighted by atomic mass is 10.1. The lowest BCUT2D eigenvalue weighted by Crippen LogP contribution is -2.36. The Morgan fingerprint density at radius 2 is 2.11 bits per heavy atom. The maximum atomic E-state index is 13.0. The van der Waals surface area contributed by atoms with Gasteiger partial charge in [0.05, 0.1) is 12.7 Å². The summed E-state index contributed by atoms with van der Waals surface area (Å²) in [6.45, 7) is 7.56. The number of rotatable bonds is 7. The van der Waals surface area contributed by atoms with Crippen molar-refractivity contribution >= 4 is 11.6 Å². The Hall–Kier alpha value is -0.640. The molecule has 0 aliphatic rings. The zero-order valence-electron chi connectivity index (χ0n) is 11.2. The van der Waals surface area contributed by atoms with E-state index in [-0.39, 0.29) is 18.0 Å². The van der Waals surface area contributed by atoms with Gasteiger partial charge in [-0.2, -0.15) is 0 Å². The highest BCUT2D eigenvalue weighted by atomic mass is 35.5. The summed E-state index contributed by atoms with van der Waals surface area (Å²) < 4.78 is 18.6. The number of hydrogen-bond donors (Lipinski definition) is 1. The van der Waals surface area contributed by atoms with E-state index >= 15 is 0 Å². The van der Waals surface area contributed by atoms with E-state index in [1.165, 1.54) is 12.1 Å². The zero-order chi connectivity index (χ0) is 13.5. The number of ether oxygens (including phenoxy) is 1. The molecule has 4 heteroatoms. The Labute approximate surface area is 113 Å². The van der Waals surface area contributed by atoms with Gasteiger partial charge in [0.2, 0.25) is 0 Å². The molecule has 0 amide bonds. The lowest BCUT2D eigenvalue weighted by Gasteiger charge is -2.20. The molecular formula is C14H21ClFNO. The first-order valence-electron chi connectivity index (χ1n) is 6.31. The first kappa shape index (κ1) is 15.4. The van der Waals surface area contributed by atoms with Crippen molar-refractivity contribution in [2.24, 2.45) is 0 Å². The Balaban J connectivity index is 2.64. The molecule has 0 bridgehead atoms. The van der Waals surface area contributed by atoms with Crippen LogP contribution in [0.15, 0.2) is 18.2 Å². The van der Waals surface area contributed by atoms with Crippen LogP contribution in [0.2, 0.25) is 5.02 Å². The molecule has 0 radical (unpaired) electrons. The predicted octanol–water partition coefficient (Wildman–Crippen LogP) is 3.42. The summed E-state index contributed by atoms with van der Waals surface area (Å²) in [6.07, 6.45) is 0.939. The molecule has 18 heavy (non-hydrogen) atoms. The summed E-state index contributed by atoms with van der Waals surface area (Å²) in [5, 5.41) is 3.83. The molecule has 2 nitrogen and oxygen atoms in total. The van der Waals surface area contributed by atoms with Crippen LogP contribution in [0.5, 0.6) is 0 Å². The molecule has 1 rings (SSSR count). The van der Waals surface area contributed by atoms with Crippen molar-refractivity contribution in [3.63, 3.8) is 0 Å². The quantitative estimate of drug-likeness (QED) is 0.822. The van der Waals surface area contributed by atoms with E-state index in [1.807, 2.05) is 13.8 Å². The summed E-state index contributed by atoms with van der Waals surface area (Å²) in [7, 11) is 0. The van der Waals surface area contributed by atoms with E-state index in [1.54, 1.807) is 6.07 Å². The Morgan fingerprint density at radius 1 is 1.39 bits per heavy atom. The van der Waals surface area contributed by atoms with Crippen LogP contribution in [-0.2, 0) is 11.2 Å². The van der Waals surface area contributed by atoms with Crippen molar-refractivity contribution in [1.82, 2.24) is 5.32 Å². The molecular weight excluding hydrogens is 253 g/mol. The zero-order valence-corrected chi connectivity index (χ0v) is 11.9. The van der Waals surface area contributed by atoms with Crippen LogP contribution in [0.25, 0.3) is 0 Å². The van der Waals surface area contributed by atoms with Gasteiger partial charge in [-0.05, 0) is 44.5 Å². The molecule has 0 aromatic heterocycles. The molecule has 0 fully saturated rings. The molecule has 0 heterocycles. The van der Waals surface area contributed by atoms with Crippen molar-refractivity contribution in [3.8, 4) is 0 Å². The Bertz CT molecular complexity index is 371. The second kappa shape index (κ2) is 7.72. The number of likely N-dealkylation sites (N-methyl/N-ethyl adjacent to an activating group) is 1. The van der Waals surface area contributed by atoms with Crippen LogP contribution in [0.4, 0.5) is 4.39 Å². The first-order valence-corrected chi connectivity index (χ1v) is 6.69. The molecule has 0 spiro atoms. The smallest absolute Gasteiger partial charge is 0.124 e. The highest BCUT2D eigenvalue weighted by Crippen LogP contribution is 2.19. The van der Waals surface area contributed by atoms with Crippen molar-refractivity contribution in [3.05, 3.63) is 34.6 Å². The van der Waals surface area contributed by atoms with Crippen LogP contribution in [0.1, 0.15) is 26.3 Å². The third-order valence-corrected chi connectivity index (χ3v) is 2.96. The molecule has 0 saturated carbocycles. The maximum absolute atomic E-state index is 13.0. The van der Waals surface area contributed by atoms with Crippen molar-refractivity contribution in [2.45, 2.75) is 39.3 Å². The topological polar surface area (TPSA) is 21.3 Å². The largest absolute Gasteiger partial charge is 0.377 e. The minimum Gasteiger partial charge on any atom is -0.377 e. The molecule has 1 N–H and O–H groups in total. The van der Waals surface area contributed by atoms with E-state index in [0.29, 0.717) is 11.6 Å².